The number of rotatable bonds is 4. The van der Waals surface area contributed by atoms with E-state index in [4.69, 9.17) is 0 Å². The first-order valence-corrected chi connectivity index (χ1v) is 9.34. The summed E-state index contributed by atoms with van der Waals surface area (Å²) in [7, 11) is -0.950. The van der Waals surface area contributed by atoms with E-state index in [0.717, 1.165) is 0 Å². The van der Waals surface area contributed by atoms with Crippen molar-refractivity contribution < 1.29 is 0 Å². The first kappa shape index (κ1) is 15.2. The summed E-state index contributed by atoms with van der Waals surface area (Å²) >= 11 is 0. The Labute approximate surface area is 125 Å². The molecular formula is C19H26S. The van der Waals surface area contributed by atoms with Crippen LogP contribution in [0.25, 0.3) is 0 Å². The molecule has 2 aromatic carbocycles. The van der Waals surface area contributed by atoms with Gasteiger partial charge in [0.05, 0.1) is 0 Å². The maximum Gasteiger partial charge on any atom is -0.00591 e. The third-order valence-electron chi connectivity index (χ3n) is 3.56. The largest absolute Gasteiger partial charge is 0.187 e. The van der Waals surface area contributed by atoms with Gasteiger partial charge in [0.1, 0.15) is 0 Å². The molecule has 0 fully saturated rings. The van der Waals surface area contributed by atoms with E-state index in [1.54, 1.807) is 0 Å². The summed E-state index contributed by atoms with van der Waals surface area (Å²) in [4.78, 5) is 3.03. The second kappa shape index (κ2) is 6.05. The minimum Gasteiger partial charge on any atom is -0.187 e. The van der Waals surface area contributed by atoms with Gasteiger partial charge in [-0.2, -0.15) is 10.0 Å². The normalized spacial score (nSPS) is 13.2. The van der Waals surface area contributed by atoms with Crippen molar-refractivity contribution in [3.63, 3.8) is 0 Å². The predicted octanol–water partition coefficient (Wildman–Crippen LogP) is 5.98. The van der Waals surface area contributed by atoms with Crippen LogP contribution in [0.5, 0.6) is 0 Å². The van der Waals surface area contributed by atoms with Crippen LogP contribution in [0, 0.1) is 5.41 Å². The van der Waals surface area contributed by atoms with Crippen LogP contribution in [0.4, 0.5) is 0 Å². The number of hydrogen-bond donors (Lipinski definition) is 0. The Morgan fingerprint density at radius 1 is 0.750 bits per heavy atom. The fraction of sp³-hybridized carbons (Fsp3) is 0.368. The molecule has 1 heteroatoms. The Balaban J connectivity index is 2.58. The average Bonchev–Trinajstić information content (AvgIpc) is 2.46. The van der Waals surface area contributed by atoms with Crippen molar-refractivity contribution in [1.29, 1.82) is 0 Å². The van der Waals surface area contributed by atoms with Crippen LogP contribution < -0.4 is 0 Å². The SMILES string of the molecule is CCS(CC(C)(C)C)(c1ccccc1)c1ccccc1. The van der Waals surface area contributed by atoms with Gasteiger partial charge in [-0.25, -0.2) is 0 Å². The van der Waals surface area contributed by atoms with Crippen molar-refractivity contribution in [3.05, 3.63) is 60.7 Å². The van der Waals surface area contributed by atoms with Crippen molar-refractivity contribution in [1.82, 2.24) is 0 Å². The highest BCUT2D eigenvalue weighted by molar-refractivity contribution is 8.33. The molecule has 0 saturated heterocycles. The lowest BCUT2D eigenvalue weighted by molar-refractivity contribution is 0.477. The zero-order valence-corrected chi connectivity index (χ0v) is 13.9. The van der Waals surface area contributed by atoms with Crippen LogP contribution in [0.1, 0.15) is 27.7 Å². The van der Waals surface area contributed by atoms with E-state index in [0.29, 0.717) is 5.41 Å². The zero-order valence-electron chi connectivity index (χ0n) is 13.1. The monoisotopic (exact) mass is 286 g/mol. The fourth-order valence-corrected chi connectivity index (χ4v) is 7.15. The van der Waals surface area contributed by atoms with Crippen LogP contribution in [0.2, 0.25) is 0 Å². The number of hydrogen-bond acceptors (Lipinski definition) is 0. The highest BCUT2D eigenvalue weighted by Crippen LogP contribution is 2.64. The van der Waals surface area contributed by atoms with E-state index >= 15 is 0 Å². The molecule has 0 saturated carbocycles. The van der Waals surface area contributed by atoms with E-state index in [-0.39, 0.29) is 0 Å². The average molecular weight is 286 g/mol. The summed E-state index contributed by atoms with van der Waals surface area (Å²) in [6.45, 7) is 9.42. The summed E-state index contributed by atoms with van der Waals surface area (Å²) < 4.78 is 0. The molecule has 0 N–H and O–H groups in total. The Morgan fingerprint density at radius 3 is 1.45 bits per heavy atom. The molecule has 108 valence electrons. The molecule has 0 bridgehead atoms. The molecule has 0 spiro atoms. The van der Waals surface area contributed by atoms with Crippen molar-refractivity contribution in [3.8, 4) is 0 Å². The molecule has 0 amide bonds. The van der Waals surface area contributed by atoms with E-state index in [9.17, 15) is 0 Å². The molecule has 0 aromatic heterocycles. The van der Waals surface area contributed by atoms with E-state index in [2.05, 4.69) is 88.4 Å². The molecule has 20 heavy (non-hydrogen) atoms. The van der Waals surface area contributed by atoms with Crippen molar-refractivity contribution in [2.24, 2.45) is 5.41 Å². The maximum absolute atomic E-state index is 2.36. The zero-order chi connectivity index (χ0) is 14.6. The first-order valence-electron chi connectivity index (χ1n) is 7.37. The molecule has 2 aromatic rings. The Hall–Kier alpha value is -1.21. The topological polar surface area (TPSA) is 0 Å². The highest BCUT2D eigenvalue weighted by atomic mass is 32.3. The van der Waals surface area contributed by atoms with Crippen LogP contribution in [-0.2, 0) is 0 Å². The van der Waals surface area contributed by atoms with Crippen LogP contribution in [0.15, 0.2) is 70.5 Å². The third kappa shape index (κ3) is 3.27. The maximum atomic E-state index is 2.36. The van der Waals surface area contributed by atoms with Gasteiger partial charge in [0.2, 0.25) is 0 Å². The highest BCUT2D eigenvalue weighted by Gasteiger charge is 2.31. The quantitative estimate of drug-likeness (QED) is 0.649. The molecule has 0 aliphatic rings. The predicted molar refractivity (Wildman–Crippen MR) is 91.9 cm³/mol. The summed E-state index contributed by atoms with van der Waals surface area (Å²) in [5, 5.41) is 0. The Bertz CT molecular complexity index is 483. The van der Waals surface area contributed by atoms with E-state index in [1.807, 2.05) is 0 Å². The van der Waals surface area contributed by atoms with E-state index < -0.39 is 10.0 Å². The minimum absolute atomic E-state index is 0.330. The second-order valence-electron chi connectivity index (χ2n) is 6.50. The van der Waals surface area contributed by atoms with Crippen LogP contribution in [-0.4, -0.2) is 11.5 Å². The second-order valence-corrected chi connectivity index (χ2v) is 10.1. The van der Waals surface area contributed by atoms with Gasteiger partial charge < -0.3 is 0 Å². The van der Waals surface area contributed by atoms with Crippen molar-refractivity contribution >= 4 is 10.0 Å². The molecule has 2 rings (SSSR count). The van der Waals surface area contributed by atoms with Crippen LogP contribution >= 0.6 is 10.0 Å². The Kier molecular flexibility index (Phi) is 4.59. The summed E-state index contributed by atoms with van der Waals surface area (Å²) in [6, 6.07) is 22.2. The van der Waals surface area contributed by atoms with Crippen molar-refractivity contribution in [2.45, 2.75) is 37.5 Å². The molecule has 0 nitrogen and oxygen atoms in total. The summed E-state index contributed by atoms with van der Waals surface area (Å²) in [5.74, 6) is 2.45. The summed E-state index contributed by atoms with van der Waals surface area (Å²) in [6.07, 6.45) is 0. The molecule has 0 atom stereocenters. The van der Waals surface area contributed by atoms with Gasteiger partial charge >= 0.3 is 0 Å². The molecular weight excluding hydrogens is 260 g/mol. The minimum atomic E-state index is -0.950. The van der Waals surface area contributed by atoms with Crippen LogP contribution in [0.3, 0.4) is 0 Å². The molecule has 0 radical (unpaired) electrons. The standard InChI is InChI=1S/C19H26S/c1-5-20(16-19(2,3)4,17-12-8-6-9-13-17)18-14-10-7-11-15-18/h6-15H,5,16H2,1-4H3. The van der Waals surface area contributed by atoms with Gasteiger partial charge in [-0.05, 0) is 51.0 Å². The van der Waals surface area contributed by atoms with E-state index in [1.165, 1.54) is 21.3 Å². The van der Waals surface area contributed by atoms with Gasteiger partial charge in [0, 0.05) is 0 Å². The summed E-state index contributed by atoms with van der Waals surface area (Å²) in [5.41, 5.74) is 0.330. The van der Waals surface area contributed by atoms with Gasteiger partial charge in [-0.1, -0.05) is 64.1 Å². The molecule has 0 aliphatic carbocycles. The smallest absolute Gasteiger partial charge is 0.00591 e. The molecule has 0 unspecified atom stereocenters. The Morgan fingerprint density at radius 2 is 1.15 bits per heavy atom. The van der Waals surface area contributed by atoms with Gasteiger partial charge in [-0.15, -0.1) is 0 Å². The van der Waals surface area contributed by atoms with Crippen molar-refractivity contribution in [2.75, 3.05) is 11.5 Å². The lowest BCUT2D eigenvalue weighted by atomic mass is 10.0. The fourth-order valence-electron chi connectivity index (χ4n) is 2.84. The molecule has 0 heterocycles. The number of benzene rings is 2. The molecule has 0 aliphatic heterocycles. The lowest BCUT2D eigenvalue weighted by Crippen LogP contribution is -2.21. The lowest BCUT2D eigenvalue weighted by Gasteiger charge is -2.44. The van der Waals surface area contributed by atoms with Gasteiger partial charge in [0.25, 0.3) is 0 Å². The first-order chi connectivity index (χ1) is 9.48. The third-order valence-corrected chi connectivity index (χ3v) is 8.25. The van der Waals surface area contributed by atoms with Gasteiger partial charge in [-0.3, -0.25) is 0 Å². The van der Waals surface area contributed by atoms with Gasteiger partial charge in [0.15, 0.2) is 0 Å².